The quantitative estimate of drug-likeness (QED) is 0.424. The molecular formula is C20H22N2O4. The highest BCUT2D eigenvalue weighted by Gasteiger charge is 2.03. The minimum atomic E-state index is -0.462. The summed E-state index contributed by atoms with van der Waals surface area (Å²) in [5, 5.41) is 13.4. The Balaban J connectivity index is 1.85. The summed E-state index contributed by atoms with van der Waals surface area (Å²) in [5.74, 6) is 1.08. The van der Waals surface area contributed by atoms with Crippen LogP contribution in [0.25, 0.3) is 6.08 Å². The molecule has 0 saturated carbocycles. The SMILES string of the molecule is CC(C)CCOc1ccc(NC(=O)/C=C/c2ccc([N+](=O)[O-])cc2)cc1. The maximum Gasteiger partial charge on any atom is 0.269 e. The van der Waals surface area contributed by atoms with Gasteiger partial charge in [0.1, 0.15) is 5.75 Å². The number of amides is 1. The topological polar surface area (TPSA) is 81.5 Å². The monoisotopic (exact) mass is 354 g/mol. The second-order valence-electron chi connectivity index (χ2n) is 6.23. The van der Waals surface area contributed by atoms with Gasteiger partial charge in [-0.05, 0) is 60.4 Å². The van der Waals surface area contributed by atoms with Crippen LogP contribution >= 0.6 is 0 Å². The van der Waals surface area contributed by atoms with E-state index in [9.17, 15) is 14.9 Å². The predicted molar refractivity (Wildman–Crippen MR) is 102 cm³/mol. The van der Waals surface area contributed by atoms with Crippen molar-refractivity contribution in [2.45, 2.75) is 20.3 Å². The first kappa shape index (κ1) is 19.2. The highest BCUT2D eigenvalue weighted by atomic mass is 16.6. The average Bonchev–Trinajstić information content (AvgIpc) is 2.61. The fourth-order valence-electron chi connectivity index (χ4n) is 2.11. The summed E-state index contributed by atoms with van der Waals surface area (Å²) in [6.45, 7) is 4.96. The molecule has 0 bridgehead atoms. The molecule has 1 amide bonds. The number of nitro groups is 1. The van der Waals surface area contributed by atoms with E-state index in [1.54, 1.807) is 30.3 Å². The summed E-state index contributed by atoms with van der Waals surface area (Å²) in [6.07, 6.45) is 3.97. The van der Waals surface area contributed by atoms with E-state index in [1.165, 1.54) is 18.2 Å². The van der Waals surface area contributed by atoms with Crippen LogP contribution < -0.4 is 10.1 Å². The number of nitrogens with one attached hydrogen (secondary N) is 1. The maximum atomic E-state index is 12.0. The molecule has 0 aliphatic carbocycles. The minimum absolute atomic E-state index is 0.0160. The number of carbonyl (C=O) groups is 1. The number of nitro benzene ring substituents is 1. The van der Waals surface area contributed by atoms with Gasteiger partial charge < -0.3 is 10.1 Å². The van der Waals surface area contributed by atoms with Gasteiger partial charge in [0.05, 0.1) is 11.5 Å². The van der Waals surface area contributed by atoms with Gasteiger partial charge in [0.15, 0.2) is 0 Å². The van der Waals surface area contributed by atoms with Crippen molar-refractivity contribution in [2.24, 2.45) is 5.92 Å². The molecule has 2 aromatic carbocycles. The molecule has 0 spiro atoms. The van der Waals surface area contributed by atoms with E-state index < -0.39 is 4.92 Å². The molecule has 0 aliphatic rings. The van der Waals surface area contributed by atoms with E-state index in [2.05, 4.69) is 19.2 Å². The molecule has 136 valence electrons. The van der Waals surface area contributed by atoms with Crippen molar-refractivity contribution in [3.63, 3.8) is 0 Å². The standard InChI is InChI=1S/C20H22N2O4/c1-15(2)13-14-26-19-10-6-17(7-11-19)21-20(23)12-5-16-3-8-18(9-4-16)22(24)25/h3-12,15H,13-14H2,1-2H3,(H,21,23)/b12-5+. The van der Waals surface area contributed by atoms with Crippen molar-refractivity contribution in [3.05, 3.63) is 70.3 Å². The zero-order valence-corrected chi connectivity index (χ0v) is 14.8. The molecule has 6 nitrogen and oxygen atoms in total. The number of rotatable bonds is 8. The minimum Gasteiger partial charge on any atom is -0.494 e. The lowest BCUT2D eigenvalue weighted by Crippen LogP contribution is -2.07. The van der Waals surface area contributed by atoms with E-state index >= 15 is 0 Å². The zero-order chi connectivity index (χ0) is 18.9. The second kappa shape index (κ2) is 9.36. The van der Waals surface area contributed by atoms with Crippen LogP contribution in [-0.4, -0.2) is 17.4 Å². The first-order valence-corrected chi connectivity index (χ1v) is 8.40. The lowest BCUT2D eigenvalue weighted by Gasteiger charge is -2.09. The number of benzene rings is 2. The van der Waals surface area contributed by atoms with Crippen LogP contribution in [0, 0.1) is 16.0 Å². The number of hydrogen-bond donors (Lipinski definition) is 1. The third-order valence-corrected chi connectivity index (χ3v) is 3.62. The Kier molecular flexibility index (Phi) is 6.91. The smallest absolute Gasteiger partial charge is 0.269 e. The number of nitrogens with zero attached hydrogens (tertiary/aromatic N) is 1. The first-order valence-electron chi connectivity index (χ1n) is 8.40. The van der Waals surface area contributed by atoms with Gasteiger partial charge in [-0.15, -0.1) is 0 Å². The third-order valence-electron chi connectivity index (χ3n) is 3.62. The fourth-order valence-corrected chi connectivity index (χ4v) is 2.11. The van der Waals surface area contributed by atoms with Gasteiger partial charge in [-0.1, -0.05) is 13.8 Å². The summed E-state index contributed by atoms with van der Waals surface area (Å²) in [6, 6.07) is 13.2. The van der Waals surface area contributed by atoms with Crippen molar-refractivity contribution in [1.29, 1.82) is 0 Å². The van der Waals surface area contributed by atoms with Crippen LogP contribution in [0.15, 0.2) is 54.6 Å². The maximum absolute atomic E-state index is 12.0. The predicted octanol–water partition coefficient (Wildman–Crippen LogP) is 4.67. The number of non-ortho nitro benzene ring substituents is 1. The molecule has 0 atom stereocenters. The van der Waals surface area contributed by atoms with Crippen LogP contribution in [0.1, 0.15) is 25.8 Å². The molecule has 2 rings (SSSR count). The molecule has 0 fully saturated rings. The Morgan fingerprint density at radius 1 is 1.15 bits per heavy atom. The van der Waals surface area contributed by atoms with Crippen molar-refractivity contribution in [3.8, 4) is 5.75 Å². The molecular weight excluding hydrogens is 332 g/mol. The zero-order valence-electron chi connectivity index (χ0n) is 14.8. The Labute approximate surface area is 152 Å². The Hall–Kier alpha value is -3.15. The summed E-state index contributed by atoms with van der Waals surface area (Å²) in [4.78, 5) is 22.1. The molecule has 26 heavy (non-hydrogen) atoms. The largest absolute Gasteiger partial charge is 0.494 e. The van der Waals surface area contributed by atoms with Crippen LogP contribution in [-0.2, 0) is 4.79 Å². The van der Waals surface area contributed by atoms with E-state index in [1.807, 2.05) is 12.1 Å². The van der Waals surface area contributed by atoms with Gasteiger partial charge >= 0.3 is 0 Å². The van der Waals surface area contributed by atoms with Crippen LogP contribution in [0.4, 0.5) is 11.4 Å². The van der Waals surface area contributed by atoms with Crippen molar-refractivity contribution >= 4 is 23.4 Å². The number of hydrogen-bond acceptors (Lipinski definition) is 4. The van der Waals surface area contributed by atoms with E-state index in [-0.39, 0.29) is 11.6 Å². The summed E-state index contributed by atoms with van der Waals surface area (Å²) >= 11 is 0. The van der Waals surface area contributed by atoms with Gasteiger partial charge in [0.25, 0.3) is 5.69 Å². The Morgan fingerprint density at radius 3 is 2.38 bits per heavy atom. The molecule has 0 saturated heterocycles. The van der Waals surface area contributed by atoms with E-state index in [4.69, 9.17) is 4.74 Å². The van der Waals surface area contributed by atoms with Gasteiger partial charge in [0.2, 0.25) is 5.91 Å². The molecule has 0 radical (unpaired) electrons. The van der Waals surface area contributed by atoms with Crippen LogP contribution in [0.3, 0.4) is 0 Å². The molecule has 0 aromatic heterocycles. The van der Waals surface area contributed by atoms with Crippen molar-refractivity contribution in [1.82, 2.24) is 0 Å². The van der Waals surface area contributed by atoms with Crippen molar-refractivity contribution in [2.75, 3.05) is 11.9 Å². The number of ether oxygens (including phenoxy) is 1. The summed E-state index contributed by atoms with van der Waals surface area (Å²) < 4.78 is 5.63. The van der Waals surface area contributed by atoms with E-state index in [0.717, 1.165) is 12.2 Å². The highest BCUT2D eigenvalue weighted by Crippen LogP contribution is 2.17. The first-order chi connectivity index (χ1) is 12.4. The second-order valence-corrected chi connectivity index (χ2v) is 6.23. The van der Waals surface area contributed by atoms with Gasteiger partial charge in [0, 0.05) is 23.9 Å². The fraction of sp³-hybridized carbons (Fsp3) is 0.250. The van der Waals surface area contributed by atoms with Crippen molar-refractivity contribution < 1.29 is 14.5 Å². The molecule has 0 heterocycles. The van der Waals surface area contributed by atoms with Gasteiger partial charge in [-0.2, -0.15) is 0 Å². The summed E-state index contributed by atoms with van der Waals surface area (Å²) in [5.41, 5.74) is 1.39. The van der Waals surface area contributed by atoms with E-state index in [0.29, 0.717) is 23.8 Å². The number of anilines is 1. The van der Waals surface area contributed by atoms with Crippen LogP contribution in [0.5, 0.6) is 5.75 Å². The molecule has 0 unspecified atom stereocenters. The molecule has 0 aliphatic heterocycles. The lowest BCUT2D eigenvalue weighted by molar-refractivity contribution is -0.384. The molecule has 2 aromatic rings. The highest BCUT2D eigenvalue weighted by molar-refractivity contribution is 6.01. The third kappa shape index (κ3) is 6.39. The summed E-state index contributed by atoms with van der Waals surface area (Å²) in [7, 11) is 0. The normalized spacial score (nSPS) is 10.9. The molecule has 1 N–H and O–H groups in total. The van der Waals surface area contributed by atoms with Crippen LogP contribution in [0.2, 0.25) is 0 Å². The molecule has 6 heteroatoms. The average molecular weight is 354 g/mol. The lowest BCUT2D eigenvalue weighted by atomic mass is 10.1. The number of carbonyl (C=O) groups excluding carboxylic acids is 1. The Morgan fingerprint density at radius 2 is 1.81 bits per heavy atom. The van der Waals surface area contributed by atoms with Gasteiger partial charge in [-0.25, -0.2) is 0 Å². The van der Waals surface area contributed by atoms with Gasteiger partial charge in [-0.3, -0.25) is 14.9 Å². The Bertz CT molecular complexity index is 765.